The van der Waals surface area contributed by atoms with Gasteiger partial charge in [-0.3, -0.25) is 9.78 Å². The number of aliphatic hydroxyl groups excluding tert-OH is 1. The summed E-state index contributed by atoms with van der Waals surface area (Å²) in [6.07, 6.45) is 11.9. The molecule has 2 saturated heterocycles. The number of aliphatic hydroxyl groups is 1. The standard InChI is InChI=1S/C29H42FN3O3/c1-4-29(30,5-2)21-32-15-10-22(11-16-32)20-36-25-6-7-26(31-18-25)28(3)13-8-23(9-14-28)27(35)33-17-12-24(34)19-33/h6-9,13,18,22,24,34H,4-5,10-12,14-17,19-21H2,1-3H3. The van der Waals surface area contributed by atoms with Crippen LogP contribution in [0.25, 0.3) is 0 Å². The van der Waals surface area contributed by atoms with Crippen LogP contribution in [0, 0.1) is 5.92 Å². The molecule has 2 aliphatic heterocycles. The van der Waals surface area contributed by atoms with E-state index in [0.29, 0.717) is 63.4 Å². The summed E-state index contributed by atoms with van der Waals surface area (Å²) in [6, 6.07) is 3.99. The number of nitrogens with zero attached hydrogens (tertiary/aromatic N) is 3. The average Bonchev–Trinajstić information content (AvgIpc) is 3.34. The molecule has 6 nitrogen and oxygen atoms in total. The molecule has 2 fully saturated rings. The summed E-state index contributed by atoms with van der Waals surface area (Å²) in [7, 11) is 0. The number of aromatic nitrogens is 1. The molecule has 0 spiro atoms. The van der Waals surface area contributed by atoms with Crippen LogP contribution < -0.4 is 4.74 Å². The van der Waals surface area contributed by atoms with Crippen molar-refractivity contribution in [1.82, 2.24) is 14.8 Å². The zero-order valence-electron chi connectivity index (χ0n) is 22.1. The Kier molecular flexibility index (Phi) is 8.51. The number of rotatable bonds is 9. The maximum atomic E-state index is 14.7. The first kappa shape index (κ1) is 26.8. The Balaban J connectivity index is 1.24. The number of pyridine rings is 1. The molecule has 198 valence electrons. The number of amides is 1. The Morgan fingerprint density at radius 2 is 1.97 bits per heavy atom. The van der Waals surface area contributed by atoms with E-state index in [0.717, 1.165) is 37.4 Å². The molecule has 0 saturated carbocycles. The van der Waals surface area contributed by atoms with E-state index in [1.165, 1.54) is 0 Å². The predicted molar refractivity (Wildman–Crippen MR) is 140 cm³/mol. The van der Waals surface area contributed by atoms with E-state index in [1.54, 1.807) is 11.1 Å². The van der Waals surface area contributed by atoms with Gasteiger partial charge in [0.2, 0.25) is 0 Å². The summed E-state index contributed by atoms with van der Waals surface area (Å²) in [5.74, 6) is 1.24. The molecular formula is C29H42FN3O3. The number of β-amino-alcohol motifs (C(OH)–C–C–N with tert-alkyl or cyclic N) is 1. The Labute approximate surface area is 215 Å². The van der Waals surface area contributed by atoms with Gasteiger partial charge in [-0.1, -0.05) is 39.0 Å². The molecule has 2 atom stereocenters. The fourth-order valence-corrected chi connectivity index (χ4v) is 5.39. The van der Waals surface area contributed by atoms with Crippen molar-refractivity contribution in [3.8, 4) is 5.75 Å². The first-order valence-corrected chi connectivity index (χ1v) is 13.6. The van der Waals surface area contributed by atoms with Crippen LogP contribution in [-0.4, -0.2) is 76.9 Å². The Morgan fingerprint density at radius 3 is 2.53 bits per heavy atom. The van der Waals surface area contributed by atoms with Gasteiger partial charge in [-0.2, -0.15) is 0 Å². The van der Waals surface area contributed by atoms with Crippen LogP contribution in [0.15, 0.2) is 42.1 Å². The summed E-state index contributed by atoms with van der Waals surface area (Å²) < 4.78 is 20.8. The van der Waals surface area contributed by atoms with Crippen molar-refractivity contribution in [3.05, 3.63) is 47.8 Å². The molecule has 0 bridgehead atoms. The minimum Gasteiger partial charge on any atom is -0.492 e. The molecule has 3 aliphatic rings. The fraction of sp³-hybridized carbons (Fsp3) is 0.655. The second kappa shape index (κ2) is 11.4. The van der Waals surface area contributed by atoms with Gasteiger partial charge in [0.25, 0.3) is 5.91 Å². The number of piperidine rings is 1. The third-order valence-electron chi connectivity index (χ3n) is 8.36. The van der Waals surface area contributed by atoms with Gasteiger partial charge in [0.1, 0.15) is 11.4 Å². The lowest BCUT2D eigenvalue weighted by molar-refractivity contribution is -0.126. The van der Waals surface area contributed by atoms with Gasteiger partial charge >= 0.3 is 0 Å². The molecule has 36 heavy (non-hydrogen) atoms. The smallest absolute Gasteiger partial charge is 0.253 e. The third-order valence-corrected chi connectivity index (χ3v) is 8.36. The van der Waals surface area contributed by atoms with E-state index in [2.05, 4.69) is 22.9 Å². The molecular weight excluding hydrogens is 457 g/mol. The SMILES string of the molecule is CCC(F)(CC)CN1CCC(COc2ccc(C3(C)C=CC(C(=O)N4CCC(O)C4)=CC3)nc2)CC1. The van der Waals surface area contributed by atoms with E-state index < -0.39 is 11.8 Å². The van der Waals surface area contributed by atoms with E-state index in [-0.39, 0.29) is 11.3 Å². The van der Waals surface area contributed by atoms with Crippen LogP contribution in [0.5, 0.6) is 5.75 Å². The maximum absolute atomic E-state index is 14.7. The number of allylic oxidation sites excluding steroid dienone is 2. The van der Waals surface area contributed by atoms with Crippen LogP contribution in [-0.2, 0) is 10.2 Å². The Hall–Kier alpha value is -2.25. The molecule has 1 aromatic rings. The third kappa shape index (κ3) is 6.35. The van der Waals surface area contributed by atoms with Gasteiger partial charge in [0.15, 0.2) is 0 Å². The molecule has 7 heteroatoms. The van der Waals surface area contributed by atoms with Gasteiger partial charge in [-0.25, -0.2) is 4.39 Å². The highest BCUT2D eigenvalue weighted by molar-refractivity contribution is 5.96. The zero-order chi connectivity index (χ0) is 25.8. The molecule has 1 aromatic heterocycles. The zero-order valence-corrected chi connectivity index (χ0v) is 22.1. The molecule has 0 aromatic carbocycles. The van der Waals surface area contributed by atoms with Gasteiger partial charge in [-0.15, -0.1) is 0 Å². The number of hydrogen-bond donors (Lipinski definition) is 1. The minimum atomic E-state index is -1.06. The fourth-order valence-electron chi connectivity index (χ4n) is 5.39. The van der Waals surface area contributed by atoms with Crippen LogP contribution >= 0.6 is 0 Å². The first-order chi connectivity index (χ1) is 17.2. The average molecular weight is 500 g/mol. The lowest BCUT2D eigenvalue weighted by Crippen LogP contribution is -2.44. The largest absolute Gasteiger partial charge is 0.492 e. The molecule has 0 radical (unpaired) electrons. The number of ether oxygens (including phenoxy) is 1. The van der Waals surface area contributed by atoms with Crippen LogP contribution in [0.3, 0.4) is 0 Å². The maximum Gasteiger partial charge on any atom is 0.253 e. The summed E-state index contributed by atoms with van der Waals surface area (Å²) in [4.78, 5) is 21.4. The molecule has 1 amide bonds. The van der Waals surface area contributed by atoms with Crippen molar-refractivity contribution >= 4 is 5.91 Å². The lowest BCUT2D eigenvalue weighted by Gasteiger charge is -2.36. The topological polar surface area (TPSA) is 65.9 Å². The van der Waals surface area contributed by atoms with E-state index in [4.69, 9.17) is 4.74 Å². The second-order valence-corrected chi connectivity index (χ2v) is 11.1. The second-order valence-electron chi connectivity index (χ2n) is 11.1. The van der Waals surface area contributed by atoms with Crippen molar-refractivity contribution in [1.29, 1.82) is 0 Å². The van der Waals surface area contributed by atoms with Crippen molar-refractivity contribution in [2.24, 2.45) is 5.92 Å². The quantitative estimate of drug-likeness (QED) is 0.544. The summed E-state index contributed by atoms with van der Waals surface area (Å²) in [5.41, 5.74) is 0.294. The van der Waals surface area contributed by atoms with E-state index >= 15 is 0 Å². The van der Waals surface area contributed by atoms with Crippen LogP contribution in [0.4, 0.5) is 4.39 Å². The van der Waals surface area contributed by atoms with E-state index in [9.17, 15) is 14.3 Å². The molecule has 1 N–H and O–H groups in total. The monoisotopic (exact) mass is 499 g/mol. The summed E-state index contributed by atoms with van der Waals surface area (Å²) in [6.45, 7) is 10.1. The number of carbonyl (C=O) groups is 1. The highest BCUT2D eigenvalue weighted by Gasteiger charge is 2.32. The first-order valence-electron chi connectivity index (χ1n) is 13.6. The number of likely N-dealkylation sites (tertiary alicyclic amines) is 2. The lowest BCUT2D eigenvalue weighted by atomic mass is 9.78. The highest BCUT2D eigenvalue weighted by Crippen LogP contribution is 2.34. The van der Waals surface area contributed by atoms with Gasteiger partial charge in [0.05, 0.1) is 24.6 Å². The van der Waals surface area contributed by atoms with Gasteiger partial charge < -0.3 is 19.6 Å². The Bertz CT molecular complexity index is 951. The molecule has 3 heterocycles. The number of carbonyl (C=O) groups excluding carboxylic acids is 1. The van der Waals surface area contributed by atoms with Crippen molar-refractivity contribution in [2.75, 3.05) is 39.3 Å². The summed E-state index contributed by atoms with van der Waals surface area (Å²) in [5, 5.41) is 9.71. The van der Waals surface area contributed by atoms with Gasteiger partial charge in [0, 0.05) is 30.6 Å². The Morgan fingerprint density at radius 1 is 1.22 bits per heavy atom. The molecule has 4 rings (SSSR count). The van der Waals surface area contributed by atoms with Crippen molar-refractivity contribution in [3.63, 3.8) is 0 Å². The van der Waals surface area contributed by atoms with Crippen molar-refractivity contribution in [2.45, 2.75) is 76.5 Å². The van der Waals surface area contributed by atoms with Crippen LogP contribution in [0.1, 0.15) is 65.0 Å². The van der Waals surface area contributed by atoms with Crippen LogP contribution in [0.2, 0.25) is 0 Å². The minimum absolute atomic E-state index is 0.00728. The summed E-state index contributed by atoms with van der Waals surface area (Å²) >= 11 is 0. The molecule has 2 unspecified atom stereocenters. The number of alkyl halides is 1. The van der Waals surface area contributed by atoms with E-state index in [1.807, 2.05) is 38.1 Å². The predicted octanol–water partition coefficient (Wildman–Crippen LogP) is 4.44. The molecule has 1 aliphatic carbocycles. The number of hydrogen-bond acceptors (Lipinski definition) is 5. The van der Waals surface area contributed by atoms with Gasteiger partial charge in [-0.05, 0) is 69.7 Å². The number of halogens is 1. The van der Waals surface area contributed by atoms with Crippen molar-refractivity contribution < 1.29 is 19.0 Å². The normalized spacial score (nSPS) is 25.8. The highest BCUT2D eigenvalue weighted by atomic mass is 19.1.